The second-order valence-electron chi connectivity index (χ2n) is 4.21. The Morgan fingerprint density at radius 3 is 2.68 bits per heavy atom. The molecule has 3 aromatic rings. The van der Waals surface area contributed by atoms with Crippen molar-refractivity contribution < 1.29 is 9.84 Å². The van der Waals surface area contributed by atoms with Crippen LogP contribution in [0, 0.1) is 0 Å². The van der Waals surface area contributed by atoms with Gasteiger partial charge in [-0.3, -0.25) is 0 Å². The smallest absolute Gasteiger partial charge is 0.224 e. The summed E-state index contributed by atoms with van der Waals surface area (Å²) in [7, 11) is 0. The summed E-state index contributed by atoms with van der Waals surface area (Å²) in [4.78, 5) is 4.17. The molecule has 0 bridgehead atoms. The van der Waals surface area contributed by atoms with E-state index in [1.54, 1.807) is 18.3 Å². The Morgan fingerprint density at radius 2 is 1.79 bits per heavy atom. The van der Waals surface area contributed by atoms with E-state index < -0.39 is 0 Å². The predicted octanol–water partition coefficient (Wildman–Crippen LogP) is 3.52. The lowest BCUT2D eigenvalue weighted by atomic mass is 10.1. The predicted molar refractivity (Wildman–Crippen MR) is 74.2 cm³/mol. The fraction of sp³-hybridized carbons (Fsp3) is 0.0625. The summed E-state index contributed by atoms with van der Waals surface area (Å²) in [5.74, 6) is 1.19. The first-order chi connectivity index (χ1) is 9.38. The third-order valence-electron chi connectivity index (χ3n) is 2.98. The number of aliphatic hydroxyl groups excluding tert-OH is 1. The Hall–Kier alpha value is -2.39. The third-order valence-corrected chi connectivity index (χ3v) is 2.98. The standard InChI is InChI=1S/C16H13NO2/c18-11-13-7-4-10-17-16(13)19-15-9-3-6-12-5-1-2-8-14(12)15/h1-10,18H,11H2. The molecule has 0 unspecified atom stereocenters. The molecule has 0 aliphatic heterocycles. The molecule has 0 fully saturated rings. The average molecular weight is 251 g/mol. The van der Waals surface area contributed by atoms with Crippen LogP contribution in [0.25, 0.3) is 10.8 Å². The van der Waals surface area contributed by atoms with Crippen LogP contribution in [0.3, 0.4) is 0 Å². The zero-order chi connectivity index (χ0) is 13.1. The molecule has 1 aromatic heterocycles. The lowest BCUT2D eigenvalue weighted by Gasteiger charge is -2.10. The number of fused-ring (bicyclic) bond motifs is 1. The number of aromatic nitrogens is 1. The first-order valence-corrected chi connectivity index (χ1v) is 6.09. The van der Waals surface area contributed by atoms with E-state index in [1.807, 2.05) is 42.5 Å². The van der Waals surface area contributed by atoms with E-state index in [0.29, 0.717) is 11.4 Å². The fourth-order valence-electron chi connectivity index (χ4n) is 2.03. The van der Waals surface area contributed by atoms with Crippen LogP contribution in [-0.4, -0.2) is 10.1 Å². The Kier molecular flexibility index (Phi) is 3.12. The number of hydrogen-bond donors (Lipinski definition) is 1. The zero-order valence-electron chi connectivity index (χ0n) is 10.3. The van der Waals surface area contributed by atoms with E-state index in [1.165, 1.54) is 0 Å². The molecule has 0 saturated heterocycles. The SMILES string of the molecule is OCc1cccnc1Oc1cccc2ccccc12. The summed E-state index contributed by atoms with van der Waals surface area (Å²) < 4.78 is 5.84. The molecule has 0 atom stereocenters. The maximum absolute atomic E-state index is 9.29. The van der Waals surface area contributed by atoms with Gasteiger partial charge in [0.25, 0.3) is 0 Å². The second-order valence-corrected chi connectivity index (χ2v) is 4.21. The van der Waals surface area contributed by atoms with Crippen molar-refractivity contribution in [1.82, 2.24) is 4.98 Å². The number of hydrogen-bond acceptors (Lipinski definition) is 3. The van der Waals surface area contributed by atoms with Crippen LogP contribution in [0.2, 0.25) is 0 Å². The normalized spacial score (nSPS) is 10.6. The minimum absolute atomic E-state index is 0.0893. The Bertz CT molecular complexity index is 704. The van der Waals surface area contributed by atoms with Gasteiger partial charge < -0.3 is 9.84 Å². The van der Waals surface area contributed by atoms with E-state index in [4.69, 9.17) is 4.74 Å². The summed E-state index contributed by atoms with van der Waals surface area (Å²) in [6.07, 6.45) is 1.65. The van der Waals surface area contributed by atoms with Crippen LogP contribution in [0.15, 0.2) is 60.8 Å². The topological polar surface area (TPSA) is 42.4 Å². The molecule has 0 saturated carbocycles. The highest BCUT2D eigenvalue weighted by molar-refractivity contribution is 5.88. The van der Waals surface area contributed by atoms with Gasteiger partial charge >= 0.3 is 0 Å². The zero-order valence-corrected chi connectivity index (χ0v) is 10.3. The summed E-state index contributed by atoms with van der Waals surface area (Å²) in [5, 5.41) is 11.4. The van der Waals surface area contributed by atoms with Crippen LogP contribution in [-0.2, 0) is 6.61 Å². The highest BCUT2D eigenvalue weighted by Gasteiger charge is 2.07. The molecule has 0 aliphatic rings. The molecule has 3 nitrogen and oxygen atoms in total. The molecule has 94 valence electrons. The van der Waals surface area contributed by atoms with Crippen molar-refractivity contribution in [2.24, 2.45) is 0 Å². The van der Waals surface area contributed by atoms with Crippen LogP contribution in [0.4, 0.5) is 0 Å². The van der Waals surface area contributed by atoms with Gasteiger partial charge in [0.05, 0.1) is 6.61 Å². The van der Waals surface area contributed by atoms with Crippen molar-refractivity contribution in [3.8, 4) is 11.6 Å². The largest absolute Gasteiger partial charge is 0.438 e. The van der Waals surface area contributed by atoms with E-state index in [0.717, 1.165) is 16.5 Å². The van der Waals surface area contributed by atoms with Gasteiger partial charge in [0.2, 0.25) is 5.88 Å². The monoisotopic (exact) mass is 251 g/mol. The number of benzene rings is 2. The molecule has 3 rings (SSSR count). The fourth-order valence-corrected chi connectivity index (χ4v) is 2.03. The third kappa shape index (κ3) is 2.28. The van der Waals surface area contributed by atoms with Crippen molar-refractivity contribution in [1.29, 1.82) is 0 Å². The molecule has 2 aromatic carbocycles. The maximum Gasteiger partial charge on any atom is 0.224 e. The molecule has 19 heavy (non-hydrogen) atoms. The molecule has 0 aliphatic carbocycles. The van der Waals surface area contributed by atoms with Gasteiger partial charge in [0, 0.05) is 17.1 Å². The molecule has 0 spiro atoms. The summed E-state index contributed by atoms with van der Waals surface area (Å²) in [6.45, 7) is -0.0893. The average Bonchev–Trinajstić information content (AvgIpc) is 2.48. The second kappa shape index (κ2) is 5.08. The van der Waals surface area contributed by atoms with Gasteiger partial charge in [-0.2, -0.15) is 0 Å². The minimum atomic E-state index is -0.0893. The maximum atomic E-state index is 9.29. The minimum Gasteiger partial charge on any atom is -0.438 e. The molecule has 0 radical (unpaired) electrons. The van der Waals surface area contributed by atoms with Crippen LogP contribution < -0.4 is 4.74 Å². The van der Waals surface area contributed by atoms with E-state index >= 15 is 0 Å². The lowest BCUT2D eigenvalue weighted by Crippen LogP contribution is -1.94. The van der Waals surface area contributed by atoms with E-state index in [2.05, 4.69) is 4.98 Å². The summed E-state index contributed by atoms with van der Waals surface area (Å²) in [6, 6.07) is 17.5. The summed E-state index contributed by atoms with van der Waals surface area (Å²) in [5.41, 5.74) is 0.676. The number of nitrogens with zero attached hydrogens (tertiary/aromatic N) is 1. The van der Waals surface area contributed by atoms with Crippen LogP contribution in [0.5, 0.6) is 11.6 Å². The van der Waals surface area contributed by atoms with Gasteiger partial charge in [-0.05, 0) is 23.6 Å². The first kappa shape index (κ1) is 11.7. The van der Waals surface area contributed by atoms with Gasteiger partial charge in [-0.1, -0.05) is 36.4 Å². The molecule has 1 heterocycles. The Labute approximate surface area is 111 Å². The van der Waals surface area contributed by atoms with Crippen molar-refractivity contribution in [3.63, 3.8) is 0 Å². The lowest BCUT2D eigenvalue weighted by molar-refractivity contribution is 0.275. The van der Waals surface area contributed by atoms with Crippen molar-refractivity contribution in [2.45, 2.75) is 6.61 Å². The van der Waals surface area contributed by atoms with Crippen molar-refractivity contribution in [3.05, 3.63) is 66.4 Å². The molecular formula is C16H13NO2. The molecular weight excluding hydrogens is 238 g/mol. The Balaban J connectivity index is 2.06. The number of rotatable bonds is 3. The Morgan fingerprint density at radius 1 is 0.947 bits per heavy atom. The molecule has 1 N–H and O–H groups in total. The number of aliphatic hydroxyl groups is 1. The van der Waals surface area contributed by atoms with E-state index in [9.17, 15) is 5.11 Å². The summed E-state index contributed by atoms with van der Waals surface area (Å²) >= 11 is 0. The number of ether oxygens (including phenoxy) is 1. The van der Waals surface area contributed by atoms with Crippen molar-refractivity contribution in [2.75, 3.05) is 0 Å². The van der Waals surface area contributed by atoms with Crippen molar-refractivity contribution >= 4 is 10.8 Å². The highest BCUT2D eigenvalue weighted by atomic mass is 16.5. The van der Waals surface area contributed by atoms with Gasteiger partial charge in [0.15, 0.2) is 0 Å². The van der Waals surface area contributed by atoms with E-state index in [-0.39, 0.29) is 6.61 Å². The highest BCUT2D eigenvalue weighted by Crippen LogP contribution is 2.30. The number of pyridine rings is 1. The quantitative estimate of drug-likeness (QED) is 0.774. The van der Waals surface area contributed by atoms with Crippen LogP contribution in [0.1, 0.15) is 5.56 Å². The van der Waals surface area contributed by atoms with Gasteiger partial charge in [-0.25, -0.2) is 4.98 Å². The molecule has 3 heteroatoms. The van der Waals surface area contributed by atoms with Gasteiger partial charge in [0.1, 0.15) is 5.75 Å². The van der Waals surface area contributed by atoms with Gasteiger partial charge in [-0.15, -0.1) is 0 Å². The molecule has 0 amide bonds. The van der Waals surface area contributed by atoms with Crippen LogP contribution >= 0.6 is 0 Å². The first-order valence-electron chi connectivity index (χ1n) is 6.09.